The van der Waals surface area contributed by atoms with Crippen molar-refractivity contribution < 1.29 is 9.32 Å². The average Bonchev–Trinajstić information content (AvgIpc) is 3.39. The lowest BCUT2D eigenvalue weighted by molar-refractivity contribution is -0.118. The van der Waals surface area contributed by atoms with E-state index in [2.05, 4.69) is 25.7 Å². The number of aromatic nitrogens is 5. The molecule has 0 saturated carbocycles. The first kappa shape index (κ1) is 18.9. The van der Waals surface area contributed by atoms with Crippen LogP contribution in [-0.4, -0.2) is 36.6 Å². The quantitative estimate of drug-likeness (QED) is 0.471. The van der Waals surface area contributed by atoms with Gasteiger partial charge in [0.2, 0.25) is 17.6 Å². The van der Waals surface area contributed by atoms with Gasteiger partial charge in [-0.3, -0.25) is 4.79 Å². The smallest absolute Gasteiger partial charge is 0.296 e. The highest BCUT2D eigenvalue weighted by molar-refractivity contribution is 7.99. The molecule has 8 nitrogen and oxygen atoms in total. The van der Waals surface area contributed by atoms with Gasteiger partial charge in [0.1, 0.15) is 0 Å². The van der Waals surface area contributed by atoms with E-state index >= 15 is 0 Å². The van der Waals surface area contributed by atoms with Gasteiger partial charge in [0, 0.05) is 19.2 Å². The molecule has 2 aromatic carbocycles. The number of nitrogens with zero attached hydrogens (tertiary/aromatic N) is 5. The summed E-state index contributed by atoms with van der Waals surface area (Å²) >= 11 is 1.30. The molecule has 0 saturated heterocycles. The first-order valence-corrected chi connectivity index (χ1v) is 9.91. The number of hydrogen-bond acceptors (Lipinski definition) is 7. The molecule has 146 valence electrons. The van der Waals surface area contributed by atoms with Crippen LogP contribution in [0.2, 0.25) is 0 Å². The predicted molar refractivity (Wildman–Crippen MR) is 109 cm³/mol. The van der Waals surface area contributed by atoms with Gasteiger partial charge in [-0.2, -0.15) is 4.98 Å². The maximum Gasteiger partial charge on any atom is 0.296 e. The Morgan fingerprint density at radius 1 is 1.07 bits per heavy atom. The minimum absolute atomic E-state index is 0.0763. The fraction of sp³-hybridized carbons (Fsp3) is 0.150. The van der Waals surface area contributed by atoms with Crippen molar-refractivity contribution in [3.63, 3.8) is 0 Å². The summed E-state index contributed by atoms with van der Waals surface area (Å²) in [5.41, 5.74) is 1.91. The van der Waals surface area contributed by atoms with Crippen LogP contribution in [0.25, 0.3) is 23.1 Å². The molecule has 2 aromatic heterocycles. The van der Waals surface area contributed by atoms with Gasteiger partial charge in [-0.1, -0.05) is 77.6 Å². The zero-order valence-corrected chi connectivity index (χ0v) is 16.5. The van der Waals surface area contributed by atoms with Crippen molar-refractivity contribution >= 4 is 17.7 Å². The number of benzene rings is 2. The molecule has 0 fully saturated rings. The third-order valence-corrected chi connectivity index (χ3v) is 5.17. The summed E-state index contributed by atoms with van der Waals surface area (Å²) in [4.78, 5) is 16.5. The molecule has 0 atom stereocenters. The topological polar surface area (TPSA) is 98.7 Å². The lowest BCUT2D eigenvalue weighted by atomic mass is 10.2. The van der Waals surface area contributed by atoms with Crippen molar-refractivity contribution in [2.24, 2.45) is 7.05 Å². The largest absolute Gasteiger partial charge is 0.351 e. The van der Waals surface area contributed by atoms with Crippen LogP contribution in [0.1, 0.15) is 5.56 Å². The molecule has 4 rings (SSSR count). The van der Waals surface area contributed by atoms with Gasteiger partial charge in [0.05, 0.1) is 5.75 Å². The maximum absolute atomic E-state index is 12.1. The van der Waals surface area contributed by atoms with Crippen molar-refractivity contribution in [1.82, 2.24) is 30.2 Å². The van der Waals surface area contributed by atoms with Crippen LogP contribution in [0.4, 0.5) is 0 Å². The third kappa shape index (κ3) is 4.52. The molecule has 4 aromatic rings. The van der Waals surface area contributed by atoms with Gasteiger partial charge in [-0.25, -0.2) is 0 Å². The Kier molecular flexibility index (Phi) is 5.66. The molecule has 0 aliphatic rings. The summed E-state index contributed by atoms with van der Waals surface area (Å²) in [6.45, 7) is 0.495. The normalized spacial score (nSPS) is 10.8. The van der Waals surface area contributed by atoms with Crippen LogP contribution < -0.4 is 5.32 Å². The number of carbonyl (C=O) groups excluding carboxylic acids is 1. The van der Waals surface area contributed by atoms with Crippen LogP contribution >= 0.6 is 11.8 Å². The molecule has 1 amide bonds. The van der Waals surface area contributed by atoms with E-state index in [0.717, 1.165) is 11.1 Å². The molecular formula is C20H18N6O2S. The molecule has 29 heavy (non-hydrogen) atoms. The van der Waals surface area contributed by atoms with E-state index in [4.69, 9.17) is 4.52 Å². The fourth-order valence-corrected chi connectivity index (χ4v) is 3.36. The zero-order valence-electron chi connectivity index (χ0n) is 15.6. The molecule has 1 N–H and O–H groups in total. The number of hydrogen-bond donors (Lipinski definition) is 1. The molecule has 0 unspecified atom stereocenters. The number of nitrogens with one attached hydrogen (secondary N) is 1. The first-order chi connectivity index (χ1) is 14.2. The Labute approximate surface area is 171 Å². The lowest BCUT2D eigenvalue weighted by Gasteiger charge is -2.05. The van der Waals surface area contributed by atoms with Crippen molar-refractivity contribution in [2.45, 2.75) is 11.7 Å². The summed E-state index contributed by atoms with van der Waals surface area (Å²) in [6, 6.07) is 19.3. The molecule has 0 aliphatic carbocycles. The van der Waals surface area contributed by atoms with Gasteiger partial charge in [-0.05, 0) is 5.56 Å². The highest BCUT2D eigenvalue weighted by Gasteiger charge is 2.18. The Bertz CT molecular complexity index is 1090. The van der Waals surface area contributed by atoms with Gasteiger partial charge in [0.25, 0.3) is 5.89 Å². The fourth-order valence-electron chi connectivity index (χ4n) is 2.62. The Morgan fingerprint density at radius 3 is 2.55 bits per heavy atom. The predicted octanol–water partition coefficient (Wildman–Crippen LogP) is 2.94. The standard InChI is InChI=1S/C20H18N6O2S/c1-26-18(19-22-17(25-28-19)15-10-6-3-7-11-15)23-24-20(26)29-13-16(27)21-12-14-8-4-2-5-9-14/h2-11H,12-13H2,1H3,(H,21,27). The number of amides is 1. The van der Waals surface area contributed by atoms with E-state index in [1.165, 1.54) is 11.8 Å². The van der Waals surface area contributed by atoms with E-state index in [9.17, 15) is 4.79 Å². The summed E-state index contributed by atoms with van der Waals surface area (Å²) in [6.07, 6.45) is 0. The van der Waals surface area contributed by atoms with Gasteiger partial charge < -0.3 is 14.4 Å². The SMILES string of the molecule is Cn1c(SCC(=O)NCc2ccccc2)nnc1-c1nc(-c2ccccc2)no1. The van der Waals surface area contributed by atoms with Gasteiger partial charge in [0.15, 0.2) is 5.16 Å². The minimum atomic E-state index is -0.0763. The van der Waals surface area contributed by atoms with E-state index in [-0.39, 0.29) is 17.6 Å². The van der Waals surface area contributed by atoms with Crippen molar-refractivity contribution in [2.75, 3.05) is 5.75 Å². The molecular weight excluding hydrogens is 388 g/mol. The molecule has 9 heteroatoms. The van der Waals surface area contributed by atoms with E-state index < -0.39 is 0 Å². The van der Waals surface area contributed by atoms with E-state index in [0.29, 0.717) is 23.4 Å². The minimum Gasteiger partial charge on any atom is -0.351 e. The van der Waals surface area contributed by atoms with Crippen molar-refractivity contribution in [1.29, 1.82) is 0 Å². The molecule has 2 heterocycles. The maximum atomic E-state index is 12.1. The van der Waals surface area contributed by atoms with Gasteiger partial charge in [-0.15, -0.1) is 10.2 Å². The molecule has 0 spiro atoms. The van der Waals surface area contributed by atoms with Gasteiger partial charge >= 0.3 is 0 Å². The third-order valence-electron chi connectivity index (χ3n) is 4.15. The van der Waals surface area contributed by atoms with Crippen molar-refractivity contribution in [3.05, 3.63) is 66.2 Å². The highest BCUT2D eigenvalue weighted by atomic mass is 32.2. The van der Waals surface area contributed by atoms with E-state index in [1.54, 1.807) is 11.6 Å². The molecule has 0 bridgehead atoms. The zero-order chi connectivity index (χ0) is 20.1. The Balaban J connectivity index is 1.37. The first-order valence-electron chi connectivity index (χ1n) is 8.93. The number of rotatable bonds is 7. The van der Waals surface area contributed by atoms with E-state index in [1.807, 2.05) is 60.7 Å². The molecule has 0 radical (unpaired) electrons. The number of carbonyl (C=O) groups is 1. The lowest BCUT2D eigenvalue weighted by Crippen LogP contribution is -2.24. The monoisotopic (exact) mass is 406 g/mol. The van der Waals surface area contributed by atoms with Crippen LogP contribution in [0.15, 0.2) is 70.3 Å². The summed E-state index contributed by atoms with van der Waals surface area (Å²) in [5.74, 6) is 1.37. The second-order valence-corrected chi connectivity index (χ2v) is 7.15. The van der Waals surface area contributed by atoms with Crippen LogP contribution in [0.5, 0.6) is 0 Å². The Morgan fingerprint density at radius 2 is 1.79 bits per heavy atom. The average molecular weight is 406 g/mol. The Hall–Kier alpha value is -3.46. The second kappa shape index (κ2) is 8.70. The number of thioether (sulfide) groups is 1. The molecule has 0 aliphatic heterocycles. The van der Waals surface area contributed by atoms with Crippen molar-refractivity contribution in [3.8, 4) is 23.1 Å². The highest BCUT2D eigenvalue weighted by Crippen LogP contribution is 2.23. The summed E-state index contributed by atoms with van der Waals surface area (Å²) in [5, 5.41) is 15.7. The summed E-state index contributed by atoms with van der Waals surface area (Å²) in [7, 11) is 1.80. The summed E-state index contributed by atoms with van der Waals surface area (Å²) < 4.78 is 7.07. The van der Waals surface area contributed by atoms with Crippen LogP contribution in [0.3, 0.4) is 0 Å². The second-order valence-electron chi connectivity index (χ2n) is 6.21. The van der Waals surface area contributed by atoms with Crippen LogP contribution in [-0.2, 0) is 18.4 Å². The van der Waals surface area contributed by atoms with Crippen LogP contribution in [0, 0.1) is 0 Å².